The first-order chi connectivity index (χ1) is 13.4. The number of hydrogen-bond donors (Lipinski definition) is 1. The molecular weight excluding hydrogens is 352 g/mol. The number of nitrogens with zero attached hydrogens (tertiary/aromatic N) is 1. The van der Waals surface area contributed by atoms with E-state index in [1.54, 1.807) is 0 Å². The van der Waals surface area contributed by atoms with Crippen molar-refractivity contribution < 1.29 is 14.4 Å². The van der Waals surface area contributed by atoms with Gasteiger partial charge in [0.05, 0.1) is 11.8 Å². The van der Waals surface area contributed by atoms with Gasteiger partial charge in [0.2, 0.25) is 17.7 Å². The van der Waals surface area contributed by atoms with Crippen molar-refractivity contribution in [2.24, 2.45) is 46.8 Å². The van der Waals surface area contributed by atoms with Gasteiger partial charge in [-0.25, -0.2) is 0 Å². The van der Waals surface area contributed by atoms with Crippen LogP contribution in [0.1, 0.15) is 51.9 Å². The summed E-state index contributed by atoms with van der Waals surface area (Å²) in [6.07, 6.45) is 13.0. The maximum Gasteiger partial charge on any atom is 0.240 e. The van der Waals surface area contributed by atoms with E-state index < -0.39 is 0 Å². The molecular formula is C23H30N2O3. The summed E-state index contributed by atoms with van der Waals surface area (Å²) in [6.45, 7) is 2.05. The Balaban J connectivity index is 1.13. The number of allylic oxidation sites excluding steroid dienone is 2. The number of carbonyl (C=O) groups is 3. The number of hydrogen-bond acceptors (Lipinski definition) is 3. The maximum absolute atomic E-state index is 12.8. The lowest BCUT2D eigenvalue weighted by Gasteiger charge is -2.59. The molecule has 0 unspecified atom stereocenters. The summed E-state index contributed by atoms with van der Waals surface area (Å²) < 4.78 is 0. The van der Waals surface area contributed by atoms with Gasteiger partial charge >= 0.3 is 0 Å². The fourth-order valence-electron chi connectivity index (χ4n) is 8.41. The number of imide groups is 1. The average molecular weight is 383 g/mol. The Hall–Kier alpha value is -1.65. The van der Waals surface area contributed by atoms with Crippen LogP contribution in [-0.4, -0.2) is 35.2 Å². The largest absolute Gasteiger partial charge is 0.352 e. The molecule has 0 aromatic carbocycles. The maximum atomic E-state index is 12.8. The lowest BCUT2D eigenvalue weighted by Crippen LogP contribution is -2.57. The zero-order valence-corrected chi connectivity index (χ0v) is 16.6. The first-order valence-electron chi connectivity index (χ1n) is 11.3. The Morgan fingerprint density at radius 2 is 1.50 bits per heavy atom. The highest BCUT2D eigenvalue weighted by molar-refractivity contribution is 6.08. The number of nitrogens with one attached hydrogen (secondary N) is 1. The molecule has 7 aliphatic rings. The molecule has 0 aromatic heterocycles. The molecule has 6 fully saturated rings. The third kappa shape index (κ3) is 2.28. The second kappa shape index (κ2) is 5.70. The van der Waals surface area contributed by atoms with Crippen LogP contribution >= 0.6 is 0 Å². The zero-order chi connectivity index (χ0) is 19.2. The van der Waals surface area contributed by atoms with Gasteiger partial charge in [0.15, 0.2) is 0 Å². The summed E-state index contributed by atoms with van der Waals surface area (Å²) >= 11 is 0. The van der Waals surface area contributed by atoms with Crippen molar-refractivity contribution in [3.8, 4) is 0 Å². The van der Waals surface area contributed by atoms with E-state index in [1.807, 2.05) is 0 Å². The van der Waals surface area contributed by atoms with Crippen LogP contribution < -0.4 is 5.32 Å². The normalized spacial score (nSPS) is 48.5. The Morgan fingerprint density at radius 1 is 1.00 bits per heavy atom. The number of fused-ring (bicyclic) bond motifs is 5. The first-order valence-corrected chi connectivity index (χ1v) is 11.3. The average Bonchev–Trinajstić information content (AvgIpc) is 3.30. The van der Waals surface area contributed by atoms with Crippen molar-refractivity contribution in [1.82, 2.24) is 10.2 Å². The van der Waals surface area contributed by atoms with E-state index in [1.165, 1.54) is 43.4 Å². The number of likely N-dealkylation sites (tertiary alicyclic amines) is 1. The fourth-order valence-corrected chi connectivity index (χ4v) is 8.41. The van der Waals surface area contributed by atoms with Crippen molar-refractivity contribution in [3.05, 3.63) is 12.2 Å². The highest BCUT2D eigenvalue weighted by atomic mass is 16.2. The molecule has 5 atom stereocenters. The highest BCUT2D eigenvalue weighted by Crippen LogP contribution is 2.61. The quantitative estimate of drug-likeness (QED) is 0.600. The highest BCUT2D eigenvalue weighted by Gasteiger charge is 2.59. The molecule has 7 rings (SSSR count). The van der Waals surface area contributed by atoms with Crippen LogP contribution in [0.5, 0.6) is 0 Å². The number of carbonyl (C=O) groups excluding carboxylic acids is 3. The van der Waals surface area contributed by atoms with Crippen molar-refractivity contribution in [2.45, 2.75) is 57.9 Å². The Morgan fingerprint density at radius 3 is 2.00 bits per heavy atom. The topological polar surface area (TPSA) is 66.5 Å². The predicted octanol–water partition coefficient (Wildman–Crippen LogP) is 2.51. The number of amides is 3. The van der Waals surface area contributed by atoms with Gasteiger partial charge < -0.3 is 5.32 Å². The minimum Gasteiger partial charge on any atom is -0.352 e. The van der Waals surface area contributed by atoms with Crippen LogP contribution in [0.25, 0.3) is 0 Å². The molecule has 6 aliphatic carbocycles. The molecule has 3 amide bonds. The molecule has 0 radical (unpaired) electrons. The molecule has 1 aliphatic heterocycles. The van der Waals surface area contributed by atoms with Gasteiger partial charge in [0.1, 0.15) is 6.54 Å². The van der Waals surface area contributed by atoms with Gasteiger partial charge in [-0.1, -0.05) is 12.2 Å². The van der Waals surface area contributed by atoms with E-state index in [0.717, 1.165) is 24.2 Å². The Kier molecular flexibility index (Phi) is 3.51. The van der Waals surface area contributed by atoms with Gasteiger partial charge in [-0.05, 0) is 86.9 Å². The molecule has 5 saturated carbocycles. The standard InChI is InChI=1S/C23H30N2O3/c1-12(23-8-13-4-14(9-23)6-15(5-13)10-23)24-18(26)11-25-21(27)19-16-2-3-17(7-16)20(19)22(25)28/h2-3,12-17,19-20H,4-11H2,1H3,(H,24,26)/t12-,13?,14?,15?,16+,17+,19-,20+,23?/m1/s1. The van der Waals surface area contributed by atoms with Gasteiger partial charge in [-0.2, -0.15) is 0 Å². The predicted molar refractivity (Wildman–Crippen MR) is 103 cm³/mol. The van der Waals surface area contributed by atoms with Crippen molar-refractivity contribution in [3.63, 3.8) is 0 Å². The molecule has 150 valence electrons. The van der Waals surface area contributed by atoms with E-state index in [4.69, 9.17) is 0 Å². The monoisotopic (exact) mass is 382 g/mol. The first kappa shape index (κ1) is 17.2. The van der Waals surface area contributed by atoms with Gasteiger partial charge in [-0.15, -0.1) is 0 Å². The molecule has 5 heteroatoms. The summed E-state index contributed by atoms with van der Waals surface area (Å²) in [5.41, 5.74) is 0.239. The molecule has 5 nitrogen and oxygen atoms in total. The molecule has 0 spiro atoms. The lowest BCUT2D eigenvalue weighted by molar-refractivity contribution is -0.145. The number of rotatable bonds is 4. The van der Waals surface area contributed by atoms with Crippen LogP contribution in [0.4, 0.5) is 0 Å². The minimum absolute atomic E-state index is 0.0964. The molecule has 1 saturated heterocycles. The molecule has 6 bridgehead atoms. The van der Waals surface area contributed by atoms with Crippen molar-refractivity contribution >= 4 is 17.7 Å². The summed E-state index contributed by atoms with van der Waals surface area (Å²) in [4.78, 5) is 39.7. The van der Waals surface area contributed by atoms with Gasteiger partial charge in [-0.3, -0.25) is 19.3 Å². The summed E-state index contributed by atoms with van der Waals surface area (Å²) in [7, 11) is 0. The second-order valence-corrected chi connectivity index (χ2v) is 10.8. The van der Waals surface area contributed by atoms with Crippen LogP contribution in [0.3, 0.4) is 0 Å². The molecule has 0 aromatic rings. The van der Waals surface area contributed by atoms with Gasteiger partial charge in [0, 0.05) is 6.04 Å². The van der Waals surface area contributed by atoms with Crippen LogP contribution in [-0.2, 0) is 14.4 Å². The van der Waals surface area contributed by atoms with E-state index >= 15 is 0 Å². The minimum atomic E-state index is -0.212. The Bertz CT molecular complexity index is 721. The molecule has 1 N–H and O–H groups in total. The Labute approximate surface area is 166 Å². The van der Waals surface area contributed by atoms with Crippen molar-refractivity contribution in [2.75, 3.05) is 6.54 Å². The summed E-state index contributed by atoms with van der Waals surface area (Å²) in [5.74, 6) is 2.10. The third-order valence-electron chi connectivity index (χ3n) is 9.25. The zero-order valence-electron chi connectivity index (χ0n) is 16.6. The summed E-state index contributed by atoms with van der Waals surface area (Å²) in [6, 6.07) is 0.124. The van der Waals surface area contributed by atoms with E-state index in [0.29, 0.717) is 0 Å². The third-order valence-corrected chi connectivity index (χ3v) is 9.25. The smallest absolute Gasteiger partial charge is 0.240 e. The van der Waals surface area contributed by atoms with E-state index in [9.17, 15) is 14.4 Å². The van der Waals surface area contributed by atoms with Crippen molar-refractivity contribution in [1.29, 1.82) is 0 Å². The van der Waals surface area contributed by atoms with E-state index in [2.05, 4.69) is 24.4 Å². The van der Waals surface area contributed by atoms with E-state index in [-0.39, 0.29) is 59.4 Å². The van der Waals surface area contributed by atoms with Crippen LogP contribution in [0.2, 0.25) is 0 Å². The van der Waals surface area contributed by atoms with Crippen LogP contribution in [0.15, 0.2) is 12.2 Å². The SMILES string of the molecule is C[C@@H](NC(=O)CN1C(=O)[C@@H]2[C@H](C1=O)[C@H]1C=C[C@H]2C1)C12CC3CC(CC(C3)C1)C2. The second-order valence-electron chi connectivity index (χ2n) is 10.8. The van der Waals surface area contributed by atoms with Crippen LogP contribution in [0, 0.1) is 46.8 Å². The molecule has 28 heavy (non-hydrogen) atoms. The summed E-state index contributed by atoms with van der Waals surface area (Å²) in [5, 5.41) is 3.21. The van der Waals surface area contributed by atoms with Gasteiger partial charge in [0.25, 0.3) is 0 Å². The molecule has 1 heterocycles. The lowest BCUT2D eigenvalue weighted by atomic mass is 9.48. The fraction of sp³-hybridized carbons (Fsp3) is 0.783.